The highest BCUT2D eigenvalue weighted by Crippen LogP contribution is 2.39. The number of carbonyl (C=O) groups is 1. The largest absolute Gasteiger partial charge is 0.392 e. The van der Waals surface area contributed by atoms with Gasteiger partial charge in [0.05, 0.1) is 18.8 Å². The first kappa shape index (κ1) is 29.3. The van der Waals surface area contributed by atoms with Gasteiger partial charge in [-0.15, -0.1) is 0 Å². The molecule has 2 fully saturated rings. The van der Waals surface area contributed by atoms with Crippen molar-refractivity contribution in [3.05, 3.63) is 131 Å². The van der Waals surface area contributed by atoms with E-state index in [1.165, 1.54) is 19.3 Å². The van der Waals surface area contributed by atoms with Gasteiger partial charge in [-0.3, -0.25) is 4.79 Å². The number of rotatable bonds is 9. The number of amides is 1. The van der Waals surface area contributed by atoms with Gasteiger partial charge in [0.15, 0.2) is 6.29 Å². The van der Waals surface area contributed by atoms with E-state index in [2.05, 4.69) is 58.7 Å². The number of piperidine rings is 1. The molecule has 0 saturated carbocycles. The van der Waals surface area contributed by atoms with Gasteiger partial charge in [0.25, 0.3) is 5.91 Å². The highest BCUT2D eigenvalue weighted by atomic mass is 16.7. The van der Waals surface area contributed by atoms with Crippen molar-refractivity contribution in [3.63, 3.8) is 0 Å². The summed E-state index contributed by atoms with van der Waals surface area (Å²) >= 11 is 0. The molecular formula is C37H40N2O4. The SMILES string of the molecule is O=C(NCc1cccc(-c2ccc(C3OC(CN4CCCCC4)CC(c4ccc(CO)cc4)O3)cc2)c1)c1ccccc1. The van der Waals surface area contributed by atoms with Crippen molar-refractivity contribution in [2.75, 3.05) is 19.6 Å². The Labute approximate surface area is 254 Å². The average molecular weight is 577 g/mol. The summed E-state index contributed by atoms with van der Waals surface area (Å²) in [5.74, 6) is -0.0796. The summed E-state index contributed by atoms with van der Waals surface area (Å²) in [6.45, 7) is 3.67. The molecule has 6 heteroatoms. The van der Waals surface area contributed by atoms with Crippen LogP contribution in [0.3, 0.4) is 0 Å². The zero-order valence-electron chi connectivity index (χ0n) is 24.5. The molecule has 4 aromatic rings. The fraction of sp³-hybridized carbons (Fsp3) is 0.324. The standard InChI is InChI=1S/C37H40N2O4/c40-26-27-12-14-30(15-13-27)35-23-34(25-39-20-5-2-6-21-39)42-37(43-35)32-18-16-29(17-19-32)33-11-7-8-28(22-33)24-38-36(41)31-9-3-1-4-10-31/h1,3-4,7-19,22,34-35,37,40H,2,5-6,20-21,23-26H2,(H,38,41). The number of nitrogens with one attached hydrogen (secondary N) is 1. The Morgan fingerprint density at radius 3 is 2.26 bits per heavy atom. The molecule has 0 bridgehead atoms. The summed E-state index contributed by atoms with van der Waals surface area (Å²) in [5.41, 5.74) is 6.89. The molecule has 2 aliphatic heterocycles. The Morgan fingerprint density at radius 2 is 1.51 bits per heavy atom. The molecule has 0 aromatic heterocycles. The van der Waals surface area contributed by atoms with Gasteiger partial charge < -0.3 is 24.8 Å². The lowest BCUT2D eigenvalue weighted by molar-refractivity contribution is -0.253. The topological polar surface area (TPSA) is 71.0 Å². The third-order valence-electron chi connectivity index (χ3n) is 8.46. The Bertz CT molecular complexity index is 1470. The van der Waals surface area contributed by atoms with Crippen LogP contribution in [-0.2, 0) is 22.6 Å². The molecule has 6 rings (SSSR count). The fourth-order valence-corrected chi connectivity index (χ4v) is 6.03. The van der Waals surface area contributed by atoms with Crippen LogP contribution in [0.4, 0.5) is 0 Å². The van der Waals surface area contributed by atoms with E-state index in [1.807, 2.05) is 54.6 Å². The molecule has 0 radical (unpaired) electrons. The van der Waals surface area contributed by atoms with Gasteiger partial charge in [-0.1, -0.05) is 91.3 Å². The van der Waals surface area contributed by atoms with E-state index in [0.29, 0.717) is 12.1 Å². The molecule has 4 aromatic carbocycles. The predicted octanol–water partition coefficient (Wildman–Crippen LogP) is 6.81. The summed E-state index contributed by atoms with van der Waals surface area (Å²) in [6.07, 6.45) is 4.15. The van der Waals surface area contributed by atoms with Crippen LogP contribution in [0.1, 0.15) is 70.7 Å². The van der Waals surface area contributed by atoms with Crippen molar-refractivity contribution < 1.29 is 19.4 Å². The first-order valence-electron chi connectivity index (χ1n) is 15.4. The van der Waals surface area contributed by atoms with Crippen molar-refractivity contribution in [3.8, 4) is 11.1 Å². The second kappa shape index (κ2) is 14.1. The molecule has 2 aliphatic rings. The van der Waals surface area contributed by atoms with E-state index in [4.69, 9.17) is 9.47 Å². The van der Waals surface area contributed by atoms with Gasteiger partial charge in [0.1, 0.15) is 0 Å². The second-order valence-electron chi connectivity index (χ2n) is 11.6. The molecule has 2 N–H and O–H groups in total. The molecule has 222 valence electrons. The Hall–Kier alpha value is -3.81. The van der Waals surface area contributed by atoms with Crippen molar-refractivity contribution in [1.29, 1.82) is 0 Å². The Balaban J connectivity index is 1.15. The summed E-state index contributed by atoms with van der Waals surface area (Å²) in [6, 6.07) is 34.0. The summed E-state index contributed by atoms with van der Waals surface area (Å²) < 4.78 is 13.1. The molecule has 1 amide bonds. The van der Waals surface area contributed by atoms with Gasteiger partial charge in [-0.05, 0) is 71.9 Å². The van der Waals surface area contributed by atoms with Crippen LogP contribution >= 0.6 is 0 Å². The highest BCUT2D eigenvalue weighted by molar-refractivity contribution is 5.94. The van der Waals surface area contributed by atoms with Crippen LogP contribution in [-0.4, -0.2) is 41.7 Å². The zero-order chi connectivity index (χ0) is 29.4. The minimum Gasteiger partial charge on any atom is -0.392 e. The van der Waals surface area contributed by atoms with Gasteiger partial charge in [0.2, 0.25) is 0 Å². The van der Waals surface area contributed by atoms with Crippen molar-refractivity contribution in [2.45, 2.75) is 57.3 Å². The Kier molecular flexibility index (Phi) is 9.60. The number of hydrogen-bond acceptors (Lipinski definition) is 5. The lowest BCUT2D eigenvalue weighted by Crippen LogP contribution is -2.41. The number of likely N-dealkylation sites (tertiary alicyclic amines) is 1. The van der Waals surface area contributed by atoms with E-state index in [-0.39, 0.29) is 24.7 Å². The third-order valence-corrected chi connectivity index (χ3v) is 8.46. The molecule has 0 aliphatic carbocycles. The second-order valence-corrected chi connectivity index (χ2v) is 11.6. The van der Waals surface area contributed by atoms with Crippen molar-refractivity contribution in [1.82, 2.24) is 10.2 Å². The first-order valence-corrected chi connectivity index (χ1v) is 15.4. The number of benzene rings is 4. The van der Waals surface area contributed by atoms with Gasteiger partial charge >= 0.3 is 0 Å². The quantitative estimate of drug-likeness (QED) is 0.229. The normalized spacial score (nSPS) is 20.9. The number of carbonyl (C=O) groups excluding carboxylic acids is 1. The van der Waals surface area contributed by atoms with E-state index >= 15 is 0 Å². The van der Waals surface area contributed by atoms with Crippen LogP contribution < -0.4 is 5.32 Å². The third kappa shape index (κ3) is 7.59. The van der Waals surface area contributed by atoms with Crippen molar-refractivity contribution >= 4 is 5.91 Å². The van der Waals surface area contributed by atoms with Gasteiger partial charge in [-0.2, -0.15) is 0 Å². The highest BCUT2D eigenvalue weighted by Gasteiger charge is 2.33. The lowest BCUT2D eigenvalue weighted by atomic mass is 9.98. The van der Waals surface area contributed by atoms with E-state index < -0.39 is 6.29 Å². The number of ether oxygens (including phenoxy) is 2. The smallest absolute Gasteiger partial charge is 0.251 e. The van der Waals surface area contributed by atoms with Gasteiger partial charge in [-0.25, -0.2) is 0 Å². The summed E-state index contributed by atoms with van der Waals surface area (Å²) in [5, 5.41) is 12.5. The maximum atomic E-state index is 12.5. The number of nitrogens with zero attached hydrogens (tertiary/aromatic N) is 1. The molecule has 43 heavy (non-hydrogen) atoms. The molecule has 2 saturated heterocycles. The zero-order valence-corrected chi connectivity index (χ0v) is 24.5. The van der Waals surface area contributed by atoms with Crippen LogP contribution in [0, 0.1) is 0 Å². The monoisotopic (exact) mass is 576 g/mol. The molecular weight excluding hydrogens is 536 g/mol. The summed E-state index contributed by atoms with van der Waals surface area (Å²) in [4.78, 5) is 15.0. The molecule has 6 nitrogen and oxygen atoms in total. The maximum absolute atomic E-state index is 12.5. The van der Waals surface area contributed by atoms with E-state index in [9.17, 15) is 9.90 Å². The maximum Gasteiger partial charge on any atom is 0.251 e. The fourth-order valence-electron chi connectivity index (χ4n) is 6.03. The van der Waals surface area contributed by atoms with Crippen LogP contribution in [0.5, 0.6) is 0 Å². The molecule has 2 heterocycles. The molecule has 0 spiro atoms. The lowest BCUT2D eigenvalue weighted by Gasteiger charge is -2.39. The molecule has 3 atom stereocenters. The number of aliphatic hydroxyl groups is 1. The van der Waals surface area contributed by atoms with E-state index in [0.717, 1.165) is 59.4 Å². The minimum absolute atomic E-state index is 0.0344. The van der Waals surface area contributed by atoms with Crippen LogP contribution in [0.15, 0.2) is 103 Å². The van der Waals surface area contributed by atoms with Gasteiger partial charge in [0, 0.05) is 30.6 Å². The average Bonchev–Trinajstić information content (AvgIpc) is 3.08. The first-order chi connectivity index (χ1) is 21.1. The molecule has 3 unspecified atom stereocenters. The van der Waals surface area contributed by atoms with Crippen LogP contribution in [0.25, 0.3) is 11.1 Å². The predicted molar refractivity (Wildman–Crippen MR) is 168 cm³/mol. The summed E-state index contributed by atoms with van der Waals surface area (Å²) in [7, 11) is 0. The number of aliphatic hydroxyl groups excluding tert-OH is 1. The van der Waals surface area contributed by atoms with Crippen molar-refractivity contribution in [2.24, 2.45) is 0 Å². The minimum atomic E-state index is -0.459. The van der Waals surface area contributed by atoms with Crippen LogP contribution in [0.2, 0.25) is 0 Å². The van der Waals surface area contributed by atoms with E-state index in [1.54, 1.807) is 0 Å². The number of hydrogen-bond donors (Lipinski definition) is 2. The Morgan fingerprint density at radius 1 is 0.767 bits per heavy atom.